The van der Waals surface area contributed by atoms with E-state index in [0.29, 0.717) is 0 Å². The van der Waals surface area contributed by atoms with E-state index in [1.54, 1.807) is 6.08 Å². The lowest BCUT2D eigenvalue weighted by Crippen LogP contribution is -1.94. The number of aromatic nitrogens is 1. The van der Waals surface area contributed by atoms with Crippen molar-refractivity contribution < 1.29 is 0 Å². The average molecular weight is 482 g/mol. The van der Waals surface area contributed by atoms with Gasteiger partial charge in [-0.1, -0.05) is 110 Å². The Balaban J connectivity index is 1.56. The number of nitrogens with zero attached hydrogens (tertiary/aromatic N) is 1. The number of benzene rings is 3. The molecule has 0 N–H and O–H groups in total. The predicted molar refractivity (Wildman–Crippen MR) is 164 cm³/mol. The normalized spacial score (nSPS) is 13.6. The van der Waals surface area contributed by atoms with Gasteiger partial charge in [0, 0.05) is 16.5 Å². The molecule has 0 atom stereocenters. The molecule has 0 aliphatic heterocycles. The van der Waals surface area contributed by atoms with E-state index < -0.39 is 0 Å². The van der Waals surface area contributed by atoms with Gasteiger partial charge in [0.05, 0.1) is 11.0 Å². The molecule has 0 saturated heterocycles. The largest absolute Gasteiger partial charge is 0.309 e. The van der Waals surface area contributed by atoms with E-state index in [-0.39, 0.29) is 0 Å². The molecule has 0 aliphatic carbocycles. The first-order chi connectivity index (χ1) is 18.1. The molecule has 184 valence electrons. The molecular weight excluding hydrogens is 446 g/mol. The summed E-state index contributed by atoms with van der Waals surface area (Å²) in [5.74, 6) is 0. The lowest BCUT2D eigenvalue weighted by molar-refractivity contribution is 1.18. The summed E-state index contributed by atoms with van der Waals surface area (Å²) in [6.07, 6.45) is 17.3. The van der Waals surface area contributed by atoms with Crippen molar-refractivity contribution in [2.45, 2.75) is 27.2 Å². The van der Waals surface area contributed by atoms with Crippen molar-refractivity contribution in [1.82, 2.24) is 4.57 Å². The van der Waals surface area contributed by atoms with Crippen LogP contribution in [0.5, 0.6) is 0 Å². The van der Waals surface area contributed by atoms with Crippen LogP contribution in [0.2, 0.25) is 0 Å². The molecule has 0 fully saturated rings. The van der Waals surface area contributed by atoms with E-state index in [0.717, 1.165) is 6.42 Å². The number of para-hydroxylation sites is 2. The summed E-state index contributed by atoms with van der Waals surface area (Å²) in [6.45, 7) is 14.1. The summed E-state index contributed by atoms with van der Waals surface area (Å²) in [5.41, 5.74) is 9.70. The molecule has 0 bridgehead atoms. The first-order valence-electron chi connectivity index (χ1n) is 12.8. The van der Waals surface area contributed by atoms with Crippen molar-refractivity contribution in [3.8, 4) is 5.69 Å². The van der Waals surface area contributed by atoms with Gasteiger partial charge in [0.25, 0.3) is 0 Å². The second-order valence-electron chi connectivity index (χ2n) is 9.14. The van der Waals surface area contributed by atoms with Crippen LogP contribution in [0.3, 0.4) is 0 Å². The Morgan fingerprint density at radius 2 is 1.43 bits per heavy atom. The van der Waals surface area contributed by atoms with Gasteiger partial charge in [0.1, 0.15) is 0 Å². The van der Waals surface area contributed by atoms with Crippen LogP contribution in [0.4, 0.5) is 0 Å². The van der Waals surface area contributed by atoms with Crippen LogP contribution in [0.1, 0.15) is 32.8 Å². The Morgan fingerprint density at radius 3 is 2.00 bits per heavy atom. The number of hydrogen-bond donors (Lipinski definition) is 0. The van der Waals surface area contributed by atoms with Gasteiger partial charge < -0.3 is 4.57 Å². The maximum Gasteiger partial charge on any atom is 0.0541 e. The van der Waals surface area contributed by atoms with Crippen LogP contribution in [0.15, 0.2) is 151 Å². The van der Waals surface area contributed by atoms with Gasteiger partial charge in [-0.25, -0.2) is 0 Å². The molecular formula is C36H35N. The van der Waals surface area contributed by atoms with Crippen molar-refractivity contribution in [3.63, 3.8) is 0 Å². The molecule has 1 aromatic heterocycles. The monoisotopic (exact) mass is 481 g/mol. The second-order valence-corrected chi connectivity index (χ2v) is 9.14. The smallest absolute Gasteiger partial charge is 0.0541 e. The molecule has 4 rings (SSSR count). The Labute approximate surface area is 221 Å². The lowest BCUT2D eigenvalue weighted by Gasteiger charge is -2.10. The van der Waals surface area contributed by atoms with Crippen LogP contribution in [0, 0.1) is 0 Å². The maximum absolute atomic E-state index is 4.02. The standard InChI is InChI=1S/C36H35N/c1-6-9-14-30(8-3)27(4)19-21-29(7-2)22-20-28(5)31-23-25-32(26-24-31)37-35-17-12-10-15-33(35)34-16-11-13-18-36(34)37/h6-21,23-26H,1-2,22H2,3-5H3/b14-9-,27-19+,28-20+,29-21+,30-8+. The van der Waals surface area contributed by atoms with Gasteiger partial charge in [-0.2, -0.15) is 0 Å². The molecule has 37 heavy (non-hydrogen) atoms. The maximum atomic E-state index is 4.02. The van der Waals surface area contributed by atoms with Crippen LogP contribution in [0.25, 0.3) is 33.1 Å². The van der Waals surface area contributed by atoms with Crippen LogP contribution in [-0.4, -0.2) is 4.57 Å². The van der Waals surface area contributed by atoms with Crippen molar-refractivity contribution >= 4 is 27.4 Å². The molecule has 3 aromatic carbocycles. The third-order valence-electron chi connectivity index (χ3n) is 6.79. The van der Waals surface area contributed by atoms with Crippen molar-refractivity contribution in [1.29, 1.82) is 0 Å². The fourth-order valence-electron chi connectivity index (χ4n) is 4.64. The predicted octanol–water partition coefficient (Wildman–Crippen LogP) is 10.3. The quantitative estimate of drug-likeness (QED) is 0.210. The van der Waals surface area contributed by atoms with Gasteiger partial charge in [-0.15, -0.1) is 0 Å². The van der Waals surface area contributed by atoms with Crippen molar-refractivity contribution in [2.24, 2.45) is 0 Å². The molecule has 4 aromatic rings. The third kappa shape index (κ3) is 5.73. The summed E-state index contributed by atoms with van der Waals surface area (Å²) < 4.78 is 2.35. The molecule has 1 nitrogen and oxygen atoms in total. The summed E-state index contributed by atoms with van der Waals surface area (Å²) >= 11 is 0. The lowest BCUT2D eigenvalue weighted by atomic mass is 10.0. The minimum absolute atomic E-state index is 0.835. The zero-order chi connectivity index (χ0) is 26.2. The summed E-state index contributed by atoms with van der Waals surface area (Å²) in [7, 11) is 0. The highest BCUT2D eigenvalue weighted by atomic mass is 15.0. The zero-order valence-electron chi connectivity index (χ0n) is 22.1. The number of allylic oxidation sites excluding steroid dienone is 12. The average Bonchev–Trinajstić information content (AvgIpc) is 3.28. The zero-order valence-corrected chi connectivity index (χ0v) is 22.1. The highest BCUT2D eigenvalue weighted by Gasteiger charge is 2.11. The van der Waals surface area contributed by atoms with Gasteiger partial charge in [0.15, 0.2) is 0 Å². The van der Waals surface area contributed by atoms with E-state index in [4.69, 9.17) is 0 Å². The number of hydrogen-bond acceptors (Lipinski definition) is 0. The van der Waals surface area contributed by atoms with Gasteiger partial charge in [-0.3, -0.25) is 0 Å². The molecule has 0 spiro atoms. The molecule has 1 heteroatoms. The van der Waals surface area contributed by atoms with Crippen molar-refractivity contribution in [2.75, 3.05) is 0 Å². The Morgan fingerprint density at radius 1 is 0.811 bits per heavy atom. The van der Waals surface area contributed by atoms with Gasteiger partial charge >= 0.3 is 0 Å². The van der Waals surface area contributed by atoms with Crippen LogP contribution >= 0.6 is 0 Å². The van der Waals surface area contributed by atoms with Gasteiger partial charge in [0.2, 0.25) is 0 Å². The number of fused-ring (bicyclic) bond motifs is 3. The van der Waals surface area contributed by atoms with E-state index in [2.05, 4.69) is 142 Å². The molecule has 0 unspecified atom stereocenters. The van der Waals surface area contributed by atoms with E-state index in [1.165, 1.54) is 55.3 Å². The minimum Gasteiger partial charge on any atom is -0.309 e. The summed E-state index contributed by atoms with van der Waals surface area (Å²) in [5, 5.41) is 2.56. The number of rotatable bonds is 9. The Kier molecular flexibility index (Phi) is 8.38. The van der Waals surface area contributed by atoms with E-state index in [1.807, 2.05) is 12.2 Å². The second kappa shape index (κ2) is 12.1. The minimum atomic E-state index is 0.835. The first kappa shape index (κ1) is 25.7. The van der Waals surface area contributed by atoms with Crippen LogP contribution in [-0.2, 0) is 0 Å². The third-order valence-corrected chi connectivity index (χ3v) is 6.79. The highest BCUT2D eigenvalue weighted by Crippen LogP contribution is 2.32. The Hall–Kier alpha value is -4.36. The van der Waals surface area contributed by atoms with E-state index >= 15 is 0 Å². The topological polar surface area (TPSA) is 4.93 Å². The summed E-state index contributed by atoms with van der Waals surface area (Å²) in [6, 6.07) is 26.1. The van der Waals surface area contributed by atoms with E-state index in [9.17, 15) is 0 Å². The SMILES string of the molecule is C=C\C=C/C(=C\C)C(/C)=C/C=C(\C=C)C/C=C(\C)c1ccc(-n2c3ccccc3c3ccccc32)cc1. The first-order valence-corrected chi connectivity index (χ1v) is 12.8. The molecule has 1 heterocycles. The molecule has 0 saturated carbocycles. The Bertz CT molecular complexity index is 1520. The summed E-state index contributed by atoms with van der Waals surface area (Å²) in [4.78, 5) is 0. The van der Waals surface area contributed by atoms with Crippen LogP contribution < -0.4 is 0 Å². The molecule has 0 amide bonds. The molecule has 0 radical (unpaired) electrons. The fourth-order valence-corrected chi connectivity index (χ4v) is 4.64. The molecule has 0 aliphatic rings. The fraction of sp³-hybridized carbons (Fsp3) is 0.111. The highest BCUT2D eigenvalue weighted by molar-refractivity contribution is 6.09. The van der Waals surface area contributed by atoms with Gasteiger partial charge in [-0.05, 0) is 79.3 Å². The van der Waals surface area contributed by atoms with Crippen molar-refractivity contribution in [3.05, 3.63) is 157 Å².